The van der Waals surface area contributed by atoms with Gasteiger partial charge in [0.05, 0.1) is 84.7 Å². The monoisotopic (exact) mass is 2030 g/mol. The normalized spacial score (nSPS) is 24.1. The van der Waals surface area contributed by atoms with Crippen molar-refractivity contribution >= 4 is 57.2 Å². The van der Waals surface area contributed by atoms with Gasteiger partial charge in [-0.05, 0) is 233 Å². The van der Waals surface area contributed by atoms with Crippen LogP contribution in [0.25, 0.3) is 0 Å². The van der Waals surface area contributed by atoms with Gasteiger partial charge >= 0.3 is 0 Å². The molecule has 3 aliphatic carbocycles. The zero-order chi connectivity index (χ0) is 102. The van der Waals surface area contributed by atoms with E-state index in [1.165, 1.54) is 140 Å². The van der Waals surface area contributed by atoms with E-state index in [0.717, 1.165) is 213 Å². The predicted octanol–water partition coefficient (Wildman–Crippen LogP) is 9.25. The Morgan fingerprint density at radius 2 is 0.605 bits per heavy atom. The summed E-state index contributed by atoms with van der Waals surface area (Å²) in [5, 5.41) is 29.4. The van der Waals surface area contributed by atoms with Crippen molar-refractivity contribution in [2.24, 2.45) is 11.8 Å². The molecule has 7 amide bonds. The number of hydrogen-bond acceptors (Lipinski definition) is 23. The summed E-state index contributed by atoms with van der Waals surface area (Å²) in [6.07, 6.45) is 26.0. The van der Waals surface area contributed by atoms with Gasteiger partial charge < -0.3 is 71.5 Å². The number of carbonyl (C=O) groups excluding carboxylic acids is 8. The molecule has 7 aromatic carbocycles. The number of carbonyl (C=O) groups is 8. The average Bonchev–Trinajstić information content (AvgIpc) is 1.62. The Morgan fingerprint density at radius 3 is 0.939 bits per heavy atom. The number of ketones is 1. The third-order valence-corrected chi connectivity index (χ3v) is 36.2. The molecule has 147 heavy (non-hydrogen) atoms. The van der Waals surface area contributed by atoms with Crippen molar-refractivity contribution in [3.05, 3.63) is 245 Å². The van der Waals surface area contributed by atoms with Gasteiger partial charge in [0, 0.05) is 129 Å². The minimum Gasteiger partial charge on any atom is -0.337 e. The third kappa shape index (κ3) is 26.9. The third-order valence-electron chi connectivity index (χ3n) is 34.2. The molecular formula is C115H159N21O10S. The fourth-order valence-corrected chi connectivity index (χ4v) is 26.8. The number of sulfonamides is 1. The molecule has 0 aromatic heterocycles. The van der Waals surface area contributed by atoms with Crippen molar-refractivity contribution in [2.75, 3.05) is 165 Å². The number of rotatable bonds is 20. The Morgan fingerprint density at radius 1 is 0.320 bits per heavy atom. The van der Waals surface area contributed by atoms with Crippen LogP contribution in [0.15, 0.2) is 211 Å². The molecule has 0 radical (unpaired) electrons. The lowest BCUT2D eigenvalue weighted by molar-refractivity contribution is -0.133. The molecule has 0 bridgehead atoms. The summed E-state index contributed by atoms with van der Waals surface area (Å²) in [5.41, 5.74) is 6.51. The van der Waals surface area contributed by atoms with Crippen LogP contribution in [0.4, 0.5) is 0 Å². The fourth-order valence-electron chi connectivity index (χ4n) is 25.1. The topological polar surface area (TPSA) is 318 Å². The summed E-state index contributed by atoms with van der Waals surface area (Å²) in [7, 11) is 0.477. The SMILES string of the molecule is CC(=O)c1ccc(S(=O)(=O)N2CC(=O)NC23CCNCC3)cc1.CN1CCC2(CC1)NC(=O)CN2Cc1ccccc1.CN1CCC2(CC1)NCC(=O)N2Cc1ccccc1.O=C1CN(Cc2ccccc2)C2(CCN(C3CCCCC3)CC2)N1.O=C1CN(Cc2ccccc2)C2(CCN(CC3CC3)CC2)N1.O=C1CN(Cc2ccccc2)C2(CCNCC2)N1.O=C1CNC2(CCN(CC3CC3)CC2)N1Cc1ccccc1. The zero-order valence-electron chi connectivity index (χ0n) is 87.0. The lowest BCUT2D eigenvalue weighted by Crippen LogP contribution is -2.59. The first kappa shape index (κ1) is 107. The average molecular weight is 2030 g/mol. The number of nitrogens with zero attached hydrogens (tertiary/aromatic N) is 12. The molecule has 14 aliphatic heterocycles. The maximum absolute atomic E-state index is 13.0. The number of amides is 7. The Balaban J connectivity index is 0.000000113. The number of benzene rings is 7. The van der Waals surface area contributed by atoms with E-state index in [1.54, 1.807) is 0 Å². The Bertz CT molecular complexity index is 5580. The van der Waals surface area contributed by atoms with Gasteiger partial charge in [-0.1, -0.05) is 213 Å². The van der Waals surface area contributed by atoms with Crippen molar-refractivity contribution in [2.45, 2.75) is 244 Å². The van der Waals surface area contributed by atoms with Gasteiger partial charge in [0.25, 0.3) is 0 Å². The summed E-state index contributed by atoms with van der Waals surface area (Å²) in [6.45, 7) is 25.9. The minimum absolute atomic E-state index is 0.0944. The Kier molecular flexibility index (Phi) is 35.2. The largest absolute Gasteiger partial charge is 0.337 e. The van der Waals surface area contributed by atoms with E-state index < -0.39 is 15.7 Å². The van der Waals surface area contributed by atoms with Crippen molar-refractivity contribution in [3.8, 4) is 0 Å². The maximum Gasteiger partial charge on any atom is 0.245 e. The van der Waals surface area contributed by atoms with Crippen LogP contribution in [-0.2, 0) is 82.9 Å². The van der Waals surface area contributed by atoms with E-state index >= 15 is 0 Å². The lowest BCUT2D eigenvalue weighted by atomic mass is 9.89. The second-order valence-electron chi connectivity index (χ2n) is 44.5. The highest BCUT2D eigenvalue weighted by Gasteiger charge is 2.55. The van der Waals surface area contributed by atoms with Gasteiger partial charge in [-0.3, -0.25) is 68.6 Å². The summed E-state index contributed by atoms with van der Waals surface area (Å²) in [6, 6.07) is 69.0. The minimum atomic E-state index is -3.81. The first-order valence-electron chi connectivity index (χ1n) is 54.8. The van der Waals surface area contributed by atoms with Crippen LogP contribution in [0.1, 0.15) is 198 Å². The van der Waals surface area contributed by atoms with Gasteiger partial charge in [-0.15, -0.1) is 0 Å². The van der Waals surface area contributed by atoms with E-state index in [2.05, 4.69) is 243 Å². The molecule has 17 aliphatic rings. The molecular weight excluding hydrogens is 1870 g/mol. The van der Waals surface area contributed by atoms with E-state index in [1.807, 2.05) is 54.6 Å². The molecule has 0 atom stereocenters. The number of hydrogen-bond donors (Lipinski definition) is 9. The molecule has 790 valence electrons. The van der Waals surface area contributed by atoms with Crippen LogP contribution < -0.4 is 47.9 Å². The summed E-state index contributed by atoms with van der Waals surface area (Å²) in [4.78, 5) is 122. The molecule has 9 N–H and O–H groups in total. The highest BCUT2D eigenvalue weighted by Crippen LogP contribution is 2.42. The smallest absolute Gasteiger partial charge is 0.245 e. The van der Waals surface area contributed by atoms with Gasteiger partial charge in [0.2, 0.25) is 51.4 Å². The first-order valence-corrected chi connectivity index (χ1v) is 56.2. The Labute approximate surface area is 870 Å². The van der Waals surface area contributed by atoms with Gasteiger partial charge in [0.1, 0.15) is 5.66 Å². The summed E-state index contributed by atoms with van der Waals surface area (Å²) < 4.78 is 27.2. The molecule has 14 saturated heterocycles. The quantitative estimate of drug-likeness (QED) is 0.0321. The second kappa shape index (κ2) is 48.5. The molecule has 31 nitrogen and oxygen atoms in total. The van der Waals surface area contributed by atoms with Crippen molar-refractivity contribution in [1.29, 1.82) is 0 Å². The van der Waals surface area contributed by atoms with Crippen LogP contribution in [0.5, 0.6) is 0 Å². The van der Waals surface area contributed by atoms with Crippen molar-refractivity contribution in [1.82, 2.24) is 106 Å². The van der Waals surface area contributed by atoms with Crippen LogP contribution >= 0.6 is 0 Å². The standard InChI is InChI=1S/C20H29N3O.2C18H25N3O.C15H19N3O4S.2C15H21N3O.C14H19N3O/c24-19-16-23(15-17-7-3-1-4-8-17)20(21-19)11-13-22(14-12-20)18-9-5-2-6-10-18;22-17-12-19-18(21(17)14-15-4-2-1-3-5-15)8-10-20(11-9-18)13-16-6-7-16;22-17-14-21(13-15-4-2-1-3-5-15)18(19-17)8-10-20(11-9-18)12-16-6-7-16;1-11(19)12-2-4-13(5-3-12)23(21,22)18-10-14(20)17-15(18)6-8-16-9-7-15;1-17-9-7-15(8-10-17)16-11-14(19)18(15)12-13-5-3-2-4-6-13;1-17-9-7-15(8-10-17)16-14(19)12-18(15)11-13-5-3-2-4-6-13;18-13-11-17(10-12-4-2-1-3-5-12)14(16-13)6-8-15-9-7-14/h1,3-4,7-8,18H,2,5-6,9-16H2,(H,21,24);1-5,16,19H,6-14H2;1-5,16H,6-14H2,(H,19,22);2-5,16H,6-10H2,1H3,(H,17,20);2-6,16H,7-12H2,1H3;2-6H,7-12H2,1H3,(H,16,19);1-5,15H,6-11H2,(H,16,18). The molecule has 7 aromatic rings. The number of piperidine rings is 7. The molecule has 32 heteroatoms. The molecule has 24 rings (SSSR count). The summed E-state index contributed by atoms with van der Waals surface area (Å²) in [5.74, 6) is 2.68. The lowest BCUT2D eigenvalue weighted by Gasteiger charge is -2.47. The van der Waals surface area contributed by atoms with E-state index in [-0.39, 0.29) is 92.6 Å². The molecule has 0 unspecified atom stereocenters. The van der Waals surface area contributed by atoms with Gasteiger partial charge in [0.15, 0.2) is 5.78 Å². The molecule has 17 fully saturated rings. The first-order chi connectivity index (χ1) is 71.2. The van der Waals surface area contributed by atoms with Crippen LogP contribution in [0.3, 0.4) is 0 Å². The van der Waals surface area contributed by atoms with E-state index in [0.29, 0.717) is 70.8 Å². The number of likely N-dealkylation sites (tertiary alicyclic amines) is 5. The fraction of sp³-hybridized carbons (Fsp3) is 0.565. The second-order valence-corrected chi connectivity index (χ2v) is 46.3. The number of Topliss-reactive ketones (excluding diaryl/α,β-unsaturated/α-hetero) is 1. The van der Waals surface area contributed by atoms with Crippen LogP contribution in [-0.4, -0.2) is 324 Å². The molecule has 14 heterocycles. The van der Waals surface area contributed by atoms with E-state index in [4.69, 9.17) is 0 Å². The van der Waals surface area contributed by atoms with Crippen molar-refractivity contribution < 1.29 is 46.8 Å². The van der Waals surface area contributed by atoms with Gasteiger partial charge in [-0.2, -0.15) is 4.31 Å². The predicted molar refractivity (Wildman–Crippen MR) is 570 cm³/mol. The molecule has 7 spiro atoms. The van der Waals surface area contributed by atoms with Crippen molar-refractivity contribution in [3.63, 3.8) is 0 Å². The van der Waals surface area contributed by atoms with Gasteiger partial charge in [-0.25, -0.2) is 8.42 Å². The molecule has 3 saturated carbocycles. The highest BCUT2D eigenvalue weighted by atomic mass is 32.2. The zero-order valence-corrected chi connectivity index (χ0v) is 87.8. The number of nitrogens with one attached hydrogen (secondary N) is 9. The van der Waals surface area contributed by atoms with Crippen LogP contribution in [0.2, 0.25) is 0 Å². The van der Waals surface area contributed by atoms with Crippen LogP contribution in [0, 0.1) is 11.8 Å². The maximum atomic E-state index is 13.0. The summed E-state index contributed by atoms with van der Waals surface area (Å²) >= 11 is 0. The highest BCUT2D eigenvalue weighted by molar-refractivity contribution is 7.89. The Hall–Kier alpha value is -10.1. The van der Waals surface area contributed by atoms with E-state index in [9.17, 15) is 46.8 Å².